The van der Waals surface area contributed by atoms with E-state index in [2.05, 4.69) is 5.32 Å². The summed E-state index contributed by atoms with van der Waals surface area (Å²) >= 11 is 0. The van der Waals surface area contributed by atoms with Crippen molar-refractivity contribution >= 4 is 17.1 Å². The first-order valence-electron chi connectivity index (χ1n) is 13.4. The van der Waals surface area contributed by atoms with Crippen molar-refractivity contribution in [3.63, 3.8) is 0 Å². The van der Waals surface area contributed by atoms with Gasteiger partial charge in [0.2, 0.25) is 5.92 Å². The van der Waals surface area contributed by atoms with Crippen LogP contribution in [0.15, 0.2) is 71.1 Å². The summed E-state index contributed by atoms with van der Waals surface area (Å²) in [4.78, 5) is 11.6. The number of furan rings is 1. The van der Waals surface area contributed by atoms with Crippen LogP contribution in [0.5, 0.6) is 5.75 Å². The average molecular weight is 552 g/mol. The lowest BCUT2D eigenvalue weighted by atomic mass is 9.85. The molecule has 0 bridgehead atoms. The fourth-order valence-corrected chi connectivity index (χ4v) is 5.21. The van der Waals surface area contributed by atoms with Gasteiger partial charge < -0.3 is 19.6 Å². The number of hydrogen-bond donors (Lipinski definition) is 2. The van der Waals surface area contributed by atoms with Crippen LogP contribution in [-0.2, 0) is 0 Å². The molecule has 2 N–H and O–H groups in total. The van der Waals surface area contributed by atoms with Crippen LogP contribution >= 0.6 is 0 Å². The van der Waals surface area contributed by atoms with Crippen molar-refractivity contribution in [2.24, 2.45) is 5.41 Å². The second-order valence-corrected chi connectivity index (χ2v) is 11.5. The first-order valence-corrected chi connectivity index (χ1v) is 13.4. The van der Waals surface area contributed by atoms with Crippen LogP contribution in [0.3, 0.4) is 0 Å². The van der Waals surface area contributed by atoms with Crippen molar-refractivity contribution in [1.29, 1.82) is 0 Å². The number of fused-ring (bicyclic) bond motifs is 1. The zero-order chi connectivity index (χ0) is 28.7. The highest BCUT2D eigenvalue weighted by Gasteiger charge is 2.36. The van der Waals surface area contributed by atoms with Crippen molar-refractivity contribution in [2.45, 2.75) is 64.5 Å². The smallest absolute Gasteiger partial charge is 0.405 e. The predicted octanol–water partition coefficient (Wildman–Crippen LogP) is 9.22. The Bertz CT molecular complexity index is 1490. The molecule has 210 valence electrons. The van der Waals surface area contributed by atoms with Gasteiger partial charge in [0, 0.05) is 23.8 Å². The Labute approximate surface area is 231 Å². The standard InChI is InChI=1S/C32H32F3NO4/c1-31(2,3)29(36-30(37)38)27-18-22-16-21(17-26(28(22)40-27)20-4-8-23(33)9-5-20)19-6-10-24(11-7-19)39-25-12-14-32(34,35)15-13-25/h4-11,16-18,25,29,36H,12-15H2,1-3H3,(H,37,38). The van der Waals surface area contributed by atoms with E-state index >= 15 is 0 Å². The highest BCUT2D eigenvalue weighted by atomic mass is 19.3. The van der Waals surface area contributed by atoms with Crippen molar-refractivity contribution in [3.8, 4) is 28.0 Å². The van der Waals surface area contributed by atoms with Crippen LogP contribution in [0.2, 0.25) is 0 Å². The van der Waals surface area contributed by atoms with E-state index in [0.29, 0.717) is 29.9 Å². The van der Waals surface area contributed by atoms with E-state index < -0.39 is 23.5 Å². The normalized spacial score (nSPS) is 16.6. The van der Waals surface area contributed by atoms with Gasteiger partial charge in [0.25, 0.3) is 0 Å². The van der Waals surface area contributed by atoms with Crippen LogP contribution in [0.25, 0.3) is 33.2 Å². The van der Waals surface area contributed by atoms with Gasteiger partial charge >= 0.3 is 6.09 Å². The molecule has 1 aromatic heterocycles. The Morgan fingerprint density at radius 1 is 0.975 bits per heavy atom. The number of rotatable bonds is 6. The molecule has 5 rings (SSSR count). The fraction of sp³-hybridized carbons (Fsp3) is 0.344. The number of carbonyl (C=O) groups is 1. The summed E-state index contributed by atoms with van der Waals surface area (Å²) in [6, 6.07) is 18.8. The Hall–Kier alpha value is -3.94. The molecule has 0 aliphatic heterocycles. The van der Waals surface area contributed by atoms with Crippen molar-refractivity contribution in [1.82, 2.24) is 5.32 Å². The molecule has 1 amide bonds. The van der Waals surface area contributed by atoms with Gasteiger partial charge in [0.15, 0.2) is 0 Å². The fourth-order valence-electron chi connectivity index (χ4n) is 5.21. The van der Waals surface area contributed by atoms with Crippen LogP contribution in [0.1, 0.15) is 58.3 Å². The second kappa shape index (κ2) is 10.6. The molecule has 1 aliphatic rings. The van der Waals surface area contributed by atoms with Gasteiger partial charge in [-0.25, -0.2) is 18.0 Å². The third-order valence-corrected chi connectivity index (χ3v) is 7.36. The minimum atomic E-state index is -2.60. The van der Waals surface area contributed by atoms with Gasteiger partial charge in [0.05, 0.1) is 12.1 Å². The Balaban J connectivity index is 1.52. The van der Waals surface area contributed by atoms with Crippen molar-refractivity contribution < 1.29 is 32.2 Å². The lowest BCUT2D eigenvalue weighted by molar-refractivity contribution is -0.0582. The highest BCUT2D eigenvalue weighted by Crippen LogP contribution is 2.41. The third kappa shape index (κ3) is 6.11. The number of hydrogen-bond acceptors (Lipinski definition) is 3. The molecule has 3 aromatic carbocycles. The van der Waals surface area contributed by atoms with Crippen LogP contribution in [0, 0.1) is 11.2 Å². The summed E-state index contributed by atoms with van der Waals surface area (Å²) in [7, 11) is 0. The molecule has 1 aliphatic carbocycles. The molecule has 0 radical (unpaired) electrons. The monoisotopic (exact) mass is 551 g/mol. The molecule has 1 saturated carbocycles. The quantitative estimate of drug-likeness (QED) is 0.251. The van der Waals surface area contributed by atoms with E-state index in [4.69, 9.17) is 9.15 Å². The van der Waals surface area contributed by atoms with E-state index in [0.717, 1.165) is 27.6 Å². The highest BCUT2D eigenvalue weighted by molar-refractivity contribution is 5.97. The number of halogens is 3. The zero-order valence-electron chi connectivity index (χ0n) is 22.6. The topological polar surface area (TPSA) is 71.7 Å². The Morgan fingerprint density at radius 3 is 2.20 bits per heavy atom. The first kappa shape index (κ1) is 27.6. The maximum absolute atomic E-state index is 13.7. The lowest BCUT2D eigenvalue weighted by Gasteiger charge is -2.28. The van der Waals surface area contributed by atoms with E-state index in [-0.39, 0.29) is 24.8 Å². The van der Waals surface area contributed by atoms with E-state index in [9.17, 15) is 23.1 Å². The summed E-state index contributed by atoms with van der Waals surface area (Å²) in [5, 5.41) is 12.8. The minimum absolute atomic E-state index is 0.160. The average Bonchev–Trinajstić information content (AvgIpc) is 3.32. The number of alkyl halides is 2. The molecule has 1 fully saturated rings. The molecule has 1 unspecified atom stereocenters. The van der Waals surface area contributed by atoms with Gasteiger partial charge in [-0.2, -0.15) is 0 Å². The summed E-state index contributed by atoms with van der Waals surface area (Å²) < 4.78 is 53.0. The van der Waals surface area contributed by atoms with Gasteiger partial charge in [0.1, 0.15) is 22.9 Å². The van der Waals surface area contributed by atoms with Gasteiger partial charge in [-0.1, -0.05) is 45.0 Å². The summed E-state index contributed by atoms with van der Waals surface area (Å²) in [6.07, 6.45) is -1.06. The van der Waals surface area contributed by atoms with E-state index in [1.165, 1.54) is 12.1 Å². The maximum atomic E-state index is 13.7. The van der Waals surface area contributed by atoms with Crippen LogP contribution in [0.4, 0.5) is 18.0 Å². The van der Waals surface area contributed by atoms with E-state index in [1.54, 1.807) is 12.1 Å². The van der Waals surface area contributed by atoms with Crippen molar-refractivity contribution in [3.05, 3.63) is 78.3 Å². The zero-order valence-corrected chi connectivity index (χ0v) is 22.6. The second-order valence-electron chi connectivity index (χ2n) is 11.5. The molecular formula is C32H32F3NO4. The Morgan fingerprint density at radius 2 is 1.60 bits per heavy atom. The van der Waals surface area contributed by atoms with Gasteiger partial charge in [-0.15, -0.1) is 0 Å². The lowest BCUT2D eigenvalue weighted by Crippen LogP contribution is -2.35. The van der Waals surface area contributed by atoms with Crippen LogP contribution < -0.4 is 10.1 Å². The summed E-state index contributed by atoms with van der Waals surface area (Å²) in [5.41, 5.74) is 3.37. The number of carboxylic acid groups (broad SMARTS) is 1. The molecule has 1 atom stereocenters. The number of benzene rings is 3. The summed E-state index contributed by atoms with van der Waals surface area (Å²) in [6.45, 7) is 5.78. The SMILES string of the molecule is CC(C)(C)C(NC(=O)O)c1cc2cc(-c3ccc(OC4CCC(F)(F)CC4)cc3)cc(-c3ccc(F)cc3)c2o1. The number of ether oxygens (including phenoxy) is 1. The molecule has 8 heteroatoms. The largest absolute Gasteiger partial charge is 0.490 e. The first-order chi connectivity index (χ1) is 18.9. The predicted molar refractivity (Wildman–Crippen MR) is 148 cm³/mol. The van der Waals surface area contributed by atoms with Crippen molar-refractivity contribution in [2.75, 3.05) is 0 Å². The molecular weight excluding hydrogens is 519 g/mol. The Kier molecular flexibility index (Phi) is 7.29. The van der Waals surface area contributed by atoms with Gasteiger partial charge in [-0.3, -0.25) is 0 Å². The number of amides is 1. The summed E-state index contributed by atoms with van der Waals surface area (Å²) in [5.74, 6) is -1.86. The minimum Gasteiger partial charge on any atom is -0.490 e. The third-order valence-electron chi connectivity index (χ3n) is 7.36. The molecule has 4 aromatic rings. The molecule has 0 saturated heterocycles. The van der Waals surface area contributed by atoms with Crippen LogP contribution in [-0.4, -0.2) is 23.2 Å². The molecule has 40 heavy (non-hydrogen) atoms. The maximum Gasteiger partial charge on any atom is 0.405 e. The molecule has 0 spiro atoms. The molecule has 5 nitrogen and oxygen atoms in total. The van der Waals surface area contributed by atoms with Gasteiger partial charge in [-0.05, 0) is 77.4 Å². The van der Waals surface area contributed by atoms with E-state index in [1.807, 2.05) is 63.2 Å². The number of nitrogens with one attached hydrogen (secondary N) is 1. The molecule has 1 heterocycles.